The summed E-state index contributed by atoms with van der Waals surface area (Å²) in [7, 11) is 1.79. The monoisotopic (exact) mass is 302 g/mol. The second-order valence-electron chi connectivity index (χ2n) is 4.84. The van der Waals surface area contributed by atoms with Crippen molar-refractivity contribution in [3.05, 3.63) is 51.5 Å². The van der Waals surface area contributed by atoms with Gasteiger partial charge in [0.25, 0.3) is 0 Å². The van der Waals surface area contributed by atoms with Crippen LogP contribution in [0.25, 0.3) is 0 Å². The fraction of sp³-hybridized carbons (Fsp3) is 0.375. The van der Waals surface area contributed by atoms with Crippen LogP contribution in [0, 0.1) is 13.8 Å². The Kier molecular flexibility index (Phi) is 5.75. The largest absolute Gasteiger partial charge is 0.356 e. The van der Waals surface area contributed by atoms with Gasteiger partial charge in [-0.3, -0.25) is 4.99 Å². The smallest absolute Gasteiger partial charge is 0.191 e. The maximum absolute atomic E-state index is 4.54. The summed E-state index contributed by atoms with van der Waals surface area (Å²) in [6, 6.07) is 10.3. The highest BCUT2D eigenvalue weighted by Gasteiger charge is 2.04. The maximum Gasteiger partial charge on any atom is 0.191 e. The quantitative estimate of drug-likeness (QED) is 0.659. The molecule has 0 atom stereocenters. The number of rotatable bonds is 5. The Bertz CT molecular complexity index is 570. The number of thiazole rings is 1. The molecule has 4 nitrogen and oxygen atoms in total. The minimum absolute atomic E-state index is 0.774. The Labute approximate surface area is 130 Å². The molecule has 0 fully saturated rings. The zero-order valence-electron chi connectivity index (χ0n) is 12.8. The lowest BCUT2D eigenvalue weighted by Crippen LogP contribution is -2.37. The number of aromatic nitrogens is 1. The normalized spacial score (nSPS) is 11.5. The topological polar surface area (TPSA) is 49.3 Å². The first-order valence-corrected chi connectivity index (χ1v) is 7.92. The zero-order valence-corrected chi connectivity index (χ0v) is 13.6. The van der Waals surface area contributed by atoms with Gasteiger partial charge in [-0.05, 0) is 19.4 Å². The van der Waals surface area contributed by atoms with E-state index in [1.807, 2.05) is 18.2 Å². The Balaban J connectivity index is 1.75. The first kappa shape index (κ1) is 15.5. The van der Waals surface area contributed by atoms with E-state index in [1.165, 1.54) is 15.4 Å². The Morgan fingerprint density at radius 1 is 1.19 bits per heavy atom. The first-order valence-electron chi connectivity index (χ1n) is 7.10. The molecular weight excluding hydrogens is 280 g/mol. The average Bonchev–Trinajstić information content (AvgIpc) is 2.82. The van der Waals surface area contributed by atoms with Crippen molar-refractivity contribution < 1.29 is 0 Å². The second kappa shape index (κ2) is 7.78. The lowest BCUT2D eigenvalue weighted by Gasteiger charge is -2.11. The van der Waals surface area contributed by atoms with E-state index in [1.54, 1.807) is 18.4 Å². The van der Waals surface area contributed by atoms with Crippen LogP contribution in [0.1, 0.15) is 21.1 Å². The van der Waals surface area contributed by atoms with E-state index in [2.05, 4.69) is 46.6 Å². The summed E-state index contributed by atoms with van der Waals surface area (Å²) in [5.41, 5.74) is 2.38. The van der Waals surface area contributed by atoms with Gasteiger partial charge >= 0.3 is 0 Å². The molecule has 2 N–H and O–H groups in total. The van der Waals surface area contributed by atoms with E-state index in [9.17, 15) is 0 Å². The van der Waals surface area contributed by atoms with Crippen molar-refractivity contribution >= 4 is 17.3 Å². The highest BCUT2D eigenvalue weighted by molar-refractivity contribution is 7.11. The summed E-state index contributed by atoms with van der Waals surface area (Å²) in [6.45, 7) is 5.78. The summed E-state index contributed by atoms with van der Waals surface area (Å²) in [6.07, 6.45) is 0.922. The van der Waals surface area contributed by atoms with E-state index < -0.39 is 0 Å². The van der Waals surface area contributed by atoms with Crippen LogP contribution in [-0.4, -0.2) is 24.5 Å². The lowest BCUT2D eigenvalue weighted by atomic mass is 10.2. The summed E-state index contributed by atoms with van der Waals surface area (Å²) in [5, 5.41) is 7.81. The molecule has 0 bridgehead atoms. The Hall–Kier alpha value is -1.88. The molecule has 0 aliphatic heterocycles. The van der Waals surface area contributed by atoms with Gasteiger partial charge in [-0.1, -0.05) is 30.3 Å². The molecule has 0 radical (unpaired) electrons. The summed E-state index contributed by atoms with van der Waals surface area (Å²) in [5.74, 6) is 0.823. The Morgan fingerprint density at radius 3 is 2.57 bits per heavy atom. The molecule has 0 spiro atoms. The summed E-state index contributed by atoms with van der Waals surface area (Å²) >= 11 is 1.77. The van der Waals surface area contributed by atoms with Gasteiger partial charge in [0.2, 0.25) is 0 Å². The number of hydrogen-bond acceptors (Lipinski definition) is 3. The van der Waals surface area contributed by atoms with Crippen LogP contribution in [-0.2, 0) is 13.0 Å². The molecule has 21 heavy (non-hydrogen) atoms. The zero-order chi connectivity index (χ0) is 15.1. The van der Waals surface area contributed by atoms with Gasteiger partial charge in [0.15, 0.2) is 5.96 Å². The highest BCUT2D eigenvalue weighted by atomic mass is 32.1. The standard InChI is InChI=1S/C16H22N4S/c1-12-13(2)21-15(20-12)9-10-18-16(17-3)19-11-14-7-5-4-6-8-14/h4-8H,9-11H2,1-3H3,(H2,17,18,19). The molecule has 2 aromatic rings. The molecule has 0 saturated heterocycles. The molecule has 0 aliphatic rings. The second-order valence-corrected chi connectivity index (χ2v) is 6.13. The van der Waals surface area contributed by atoms with E-state index in [0.29, 0.717) is 0 Å². The highest BCUT2D eigenvalue weighted by Crippen LogP contribution is 2.16. The van der Waals surface area contributed by atoms with Crippen molar-refractivity contribution in [1.29, 1.82) is 0 Å². The fourth-order valence-electron chi connectivity index (χ4n) is 1.94. The van der Waals surface area contributed by atoms with Gasteiger partial charge in [-0.15, -0.1) is 11.3 Å². The first-order chi connectivity index (χ1) is 10.2. The van der Waals surface area contributed by atoms with E-state index in [4.69, 9.17) is 0 Å². The molecular formula is C16H22N4S. The lowest BCUT2D eigenvalue weighted by molar-refractivity contribution is 0.791. The van der Waals surface area contributed by atoms with Crippen molar-refractivity contribution in [2.45, 2.75) is 26.8 Å². The van der Waals surface area contributed by atoms with Crippen LogP contribution in [0.2, 0.25) is 0 Å². The van der Waals surface area contributed by atoms with Crippen LogP contribution >= 0.6 is 11.3 Å². The van der Waals surface area contributed by atoms with Crippen LogP contribution in [0.3, 0.4) is 0 Å². The van der Waals surface area contributed by atoms with Crippen molar-refractivity contribution in [2.75, 3.05) is 13.6 Å². The molecule has 112 valence electrons. The van der Waals surface area contributed by atoms with Crippen LogP contribution in [0.5, 0.6) is 0 Å². The minimum atomic E-state index is 0.774. The SMILES string of the molecule is CN=C(NCCc1nc(C)c(C)s1)NCc1ccccc1. The van der Waals surface area contributed by atoms with E-state index in [0.717, 1.165) is 31.2 Å². The number of guanidine groups is 1. The van der Waals surface area contributed by atoms with Crippen LogP contribution in [0.4, 0.5) is 0 Å². The van der Waals surface area contributed by atoms with E-state index in [-0.39, 0.29) is 0 Å². The van der Waals surface area contributed by atoms with Crippen molar-refractivity contribution in [1.82, 2.24) is 15.6 Å². The van der Waals surface area contributed by atoms with E-state index >= 15 is 0 Å². The van der Waals surface area contributed by atoms with Gasteiger partial charge < -0.3 is 10.6 Å². The predicted octanol–water partition coefficient (Wildman–Crippen LogP) is 2.67. The number of benzene rings is 1. The molecule has 1 heterocycles. The van der Waals surface area contributed by atoms with Crippen molar-refractivity contribution in [3.8, 4) is 0 Å². The molecule has 0 unspecified atom stereocenters. The maximum atomic E-state index is 4.54. The molecule has 1 aromatic heterocycles. The molecule has 0 saturated carbocycles. The van der Waals surface area contributed by atoms with Gasteiger partial charge in [0.05, 0.1) is 10.7 Å². The predicted molar refractivity (Wildman–Crippen MR) is 89.9 cm³/mol. The molecule has 0 aliphatic carbocycles. The summed E-state index contributed by atoms with van der Waals surface area (Å²) < 4.78 is 0. The fourth-order valence-corrected chi connectivity index (χ4v) is 2.87. The molecule has 1 aromatic carbocycles. The number of nitrogens with zero attached hydrogens (tertiary/aromatic N) is 2. The third-order valence-corrected chi connectivity index (χ3v) is 4.36. The minimum Gasteiger partial charge on any atom is -0.356 e. The molecule has 0 amide bonds. The Morgan fingerprint density at radius 2 is 1.95 bits per heavy atom. The van der Waals surface area contributed by atoms with Gasteiger partial charge in [0.1, 0.15) is 0 Å². The third kappa shape index (κ3) is 4.86. The number of nitrogens with one attached hydrogen (secondary N) is 2. The number of hydrogen-bond donors (Lipinski definition) is 2. The summed E-state index contributed by atoms with van der Waals surface area (Å²) in [4.78, 5) is 10.1. The van der Waals surface area contributed by atoms with Gasteiger partial charge in [0, 0.05) is 31.4 Å². The number of aliphatic imine (C=N–C) groups is 1. The van der Waals surface area contributed by atoms with Crippen molar-refractivity contribution in [3.63, 3.8) is 0 Å². The van der Waals surface area contributed by atoms with Crippen LogP contribution in [0.15, 0.2) is 35.3 Å². The number of aryl methyl sites for hydroxylation is 2. The van der Waals surface area contributed by atoms with Crippen molar-refractivity contribution in [2.24, 2.45) is 4.99 Å². The average molecular weight is 302 g/mol. The van der Waals surface area contributed by atoms with Crippen LogP contribution < -0.4 is 10.6 Å². The van der Waals surface area contributed by atoms with Gasteiger partial charge in [-0.25, -0.2) is 4.98 Å². The van der Waals surface area contributed by atoms with Gasteiger partial charge in [-0.2, -0.15) is 0 Å². The molecule has 5 heteroatoms. The molecule has 2 rings (SSSR count). The third-order valence-electron chi connectivity index (χ3n) is 3.23.